The van der Waals surface area contributed by atoms with Gasteiger partial charge < -0.3 is 19.0 Å². The predicted molar refractivity (Wildman–Crippen MR) is 213 cm³/mol. The molecular weight excluding hydrogens is 715 g/mol. The first-order valence-electron chi connectivity index (χ1n) is 18.0. The van der Waals surface area contributed by atoms with E-state index in [0.29, 0.717) is 5.56 Å². The summed E-state index contributed by atoms with van der Waals surface area (Å²) in [5.74, 6) is -1.98. The summed E-state index contributed by atoms with van der Waals surface area (Å²) in [6.45, 7) is 8.24. The van der Waals surface area contributed by atoms with Crippen LogP contribution < -0.4 is 10.4 Å². The van der Waals surface area contributed by atoms with Gasteiger partial charge >= 0.3 is 5.97 Å². The van der Waals surface area contributed by atoms with Crippen molar-refractivity contribution in [2.45, 2.75) is 62.0 Å². The maximum Gasteiger partial charge on any atom is 0.338 e. The summed E-state index contributed by atoms with van der Waals surface area (Å²) in [5, 5.41) is 14.3. The van der Waals surface area contributed by atoms with E-state index in [4.69, 9.17) is 26.5 Å². The number of esters is 1. The van der Waals surface area contributed by atoms with Gasteiger partial charge in [-0.1, -0.05) is 142 Å². The fourth-order valence-electron chi connectivity index (χ4n) is 7.99. The van der Waals surface area contributed by atoms with E-state index in [2.05, 4.69) is 45.0 Å². The van der Waals surface area contributed by atoms with E-state index in [-0.39, 0.29) is 28.3 Å². The lowest BCUT2D eigenvalue weighted by atomic mass is 9.76. The maximum absolute atomic E-state index is 14.4. The van der Waals surface area contributed by atoms with E-state index in [1.165, 1.54) is 0 Å². The predicted octanol–water partition coefficient (Wildman–Crippen LogP) is 6.30. The van der Waals surface area contributed by atoms with Gasteiger partial charge in [-0.05, 0) is 52.2 Å². The second-order valence-corrected chi connectivity index (χ2v) is 19.6. The molecule has 2 amide bonds. The molecule has 8 nitrogen and oxygen atoms in total. The third kappa shape index (κ3) is 6.21. The molecule has 5 atom stereocenters. The molecule has 0 radical (unpaired) electrons. The average molecular weight is 758 g/mol. The minimum Gasteiger partial charge on any atom is -0.453 e. The molecule has 7 rings (SSSR count). The van der Waals surface area contributed by atoms with Gasteiger partial charge in [0.1, 0.15) is 17.6 Å². The summed E-state index contributed by atoms with van der Waals surface area (Å²) in [7, 11) is -3.13. The van der Waals surface area contributed by atoms with E-state index in [1.54, 1.807) is 66.7 Å². The molecule has 1 saturated heterocycles. The highest BCUT2D eigenvalue weighted by Gasteiger charge is 2.66. The highest BCUT2D eigenvalue weighted by Crippen LogP contribution is 2.50. The van der Waals surface area contributed by atoms with Crippen molar-refractivity contribution in [2.24, 2.45) is 0 Å². The highest BCUT2D eigenvalue weighted by molar-refractivity contribution is 7.80. The molecule has 5 aromatic carbocycles. The van der Waals surface area contributed by atoms with Crippen molar-refractivity contribution in [3.8, 4) is 0 Å². The Labute approximate surface area is 322 Å². The number of ether oxygens (including phenoxy) is 2. The number of imide groups is 1. The number of rotatable bonds is 9. The number of carbonyl (C=O) groups is 3. The zero-order chi connectivity index (χ0) is 38.3. The third-order valence-corrected chi connectivity index (χ3v) is 16.1. The number of fused-ring (bicyclic) bond motifs is 1. The van der Waals surface area contributed by atoms with Crippen molar-refractivity contribution in [1.29, 1.82) is 0 Å². The molecule has 276 valence electrons. The van der Waals surface area contributed by atoms with Crippen molar-refractivity contribution in [3.63, 3.8) is 0 Å². The molecule has 0 unspecified atom stereocenters. The van der Waals surface area contributed by atoms with Gasteiger partial charge in [0.25, 0.3) is 20.1 Å². The van der Waals surface area contributed by atoms with Crippen LogP contribution in [0.1, 0.15) is 63.0 Å². The van der Waals surface area contributed by atoms with Crippen molar-refractivity contribution in [1.82, 2.24) is 4.90 Å². The van der Waals surface area contributed by atoms with Gasteiger partial charge in [-0.2, -0.15) is 0 Å². The van der Waals surface area contributed by atoms with E-state index >= 15 is 0 Å². The Morgan fingerprint density at radius 1 is 0.778 bits per heavy atom. The summed E-state index contributed by atoms with van der Waals surface area (Å²) in [4.78, 5) is 44.0. The first-order valence-corrected chi connectivity index (χ1v) is 20.4. The molecule has 2 aliphatic heterocycles. The van der Waals surface area contributed by atoms with Gasteiger partial charge in [-0.3, -0.25) is 14.5 Å². The number of benzene rings is 5. The van der Waals surface area contributed by atoms with Crippen molar-refractivity contribution in [3.05, 3.63) is 167 Å². The Morgan fingerprint density at radius 2 is 1.26 bits per heavy atom. The first-order chi connectivity index (χ1) is 25.9. The fourth-order valence-corrected chi connectivity index (χ4v) is 13.1. The molecule has 2 heterocycles. The van der Waals surface area contributed by atoms with Crippen LogP contribution in [0.25, 0.3) is 0 Å². The minimum atomic E-state index is -3.13. The van der Waals surface area contributed by atoms with E-state index in [9.17, 15) is 19.5 Å². The lowest BCUT2D eigenvalue weighted by Crippen LogP contribution is -2.72. The molecule has 0 spiro atoms. The number of carbonyl (C=O) groups excluding carboxylic acids is 3. The third-order valence-electron chi connectivity index (χ3n) is 10.6. The molecule has 2 aliphatic rings. The summed E-state index contributed by atoms with van der Waals surface area (Å²) in [6, 6.07) is 42.2. The van der Waals surface area contributed by atoms with Crippen LogP contribution in [0.3, 0.4) is 0 Å². The smallest absolute Gasteiger partial charge is 0.338 e. The van der Waals surface area contributed by atoms with Crippen LogP contribution in [-0.2, 0) is 19.4 Å². The quantitative estimate of drug-likeness (QED) is 0.0788. The number of amides is 2. The Kier molecular flexibility index (Phi) is 10.2. The van der Waals surface area contributed by atoms with Crippen LogP contribution >= 0.6 is 12.6 Å². The molecule has 1 N–H and O–H groups in total. The second kappa shape index (κ2) is 14.8. The summed E-state index contributed by atoms with van der Waals surface area (Å²) in [5.41, 5.74) is -1.28. The van der Waals surface area contributed by atoms with Crippen molar-refractivity contribution >= 4 is 49.1 Å². The zero-order valence-electron chi connectivity index (χ0n) is 30.6. The number of nitrogens with zero attached hydrogens (tertiary/aromatic N) is 1. The number of thiol groups is 1. The van der Waals surface area contributed by atoms with Gasteiger partial charge in [0.05, 0.1) is 23.3 Å². The molecule has 10 heteroatoms. The lowest BCUT2D eigenvalue weighted by molar-refractivity contribution is -0.217. The summed E-state index contributed by atoms with van der Waals surface area (Å²) < 4.78 is 20.2. The molecule has 0 bridgehead atoms. The van der Waals surface area contributed by atoms with Crippen LogP contribution in [0.15, 0.2) is 140 Å². The Hall–Kier alpha value is -4.84. The largest absolute Gasteiger partial charge is 0.453 e. The Balaban J connectivity index is 1.37. The van der Waals surface area contributed by atoms with Gasteiger partial charge in [0, 0.05) is 0 Å². The van der Waals surface area contributed by atoms with Gasteiger partial charge in [0.2, 0.25) is 0 Å². The topological polar surface area (TPSA) is 102 Å². The maximum atomic E-state index is 14.4. The summed E-state index contributed by atoms with van der Waals surface area (Å²) >= 11 is 5.03. The molecule has 54 heavy (non-hydrogen) atoms. The Morgan fingerprint density at radius 3 is 1.76 bits per heavy atom. The molecule has 0 aromatic heterocycles. The SMILES string of the molecule is Cc1ccc([C@@]2(N3C(=O)c4ccccc4C3=O)[C@H](S)O[C@H](CO[Si](c3ccccc3)(c3ccccc3)C(C)(C)C)[C@@H](O)[C@@H]2OC(=O)c2ccccc2)cc1. The van der Waals surface area contributed by atoms with E-state index in [0.717, 1.165) is 20.8 Å². The Bertz CT molecular complexity index is 2070. The molecule has 0 aliphatic carbocycles. The zero-order valence-corrected chi connectivity index (χ0v) is 32.5. The highest BCUT2D eigenvalue weighted by atomic mass is 32.1. The normalized spacial score (nSPS) is 22.9. The van der Waals surface area contributed by atoms with Crippen molar-refractivity contribution < 1.29 is 33.4 Å². The summed E-state index contributed by atoms with van der Waals surface area (Å²) in [6.07, 6.45) is -4.24. The van der Waals surface area contributed by atoms with Crippen LogP contribution in [0.5, 0.6) is 0 Å². The average Bonchev–Trinajstić information content (AvgIpc) is 3.44. The minimum absolute atomic E-state index is 0.114. The molecule has 5 aromatic rings. The number of hydrogen-bond donors (Lipinski definition) is 2. The standard InChI is InChI=1S/C44H43NO7SSi/c1-29-24-26-31(27-25-29)44(45-39(47)34-22-14-15-23-35(34)40(45)48)38(52-41(49)30-16-8-5-9-17-30)37(46)36(51-42(44)53)28-50-54(43(2,3)4,32-18-10-6-11-19-32)33-20-12-7-13-21-33/h5-27,36-38,42,46,53H,28H2,1-4H3/t36-,37-,38+,42+,44+/m1/s1. The molecule has 1 fully saturated rings. The van der Waals surface area contributed by atoms with Gasteiger partial charge in [-0.25, -0.2) is 4.79 Å². The first kappa shape index (κ1) is 37.5. The molecule has 0 saturated carbocycles. The number of aryl methyl sites for hydroxylation is 1. The van der Waals surface area contributed by atoms with Gasteiger partial charge in [-0.15, -0.1) is 12.6 Å². The number of aliphatic hydroxyl groups excluding tert-OH is 1. The van der Waals surface area contributed by atoms with Crippen LogP contribution in [0.2, 0.25) is 5.04 Å². The monoisotopic (exact) mass is 757 g/mol. The fraction of sp³-hybridized carbons (Fsp3) is 0.250. The second-order valence-electron chi connectivity index (χ2n) is 14.9. The number of hydrogen-bond acceptors (Lipinski definition) is 8. The van der Waals surface area contributed by atoms with Crippen LogP contribution in [0, 0.1) is 6.92 Å². The van der Waals surface area contributed by atoms with Gasteiger partial charge in [0.15, 0.2) is 11.6 Å². The lowest BCUT2D eigenvalue weighted by Gasteiger charge is -2.55. The van der Waals surface area contributed by atoms with E-state index < -0.39 is 55.4 Å². The van der Waals surface area contributed by atoms with E-state index in [1.807, 2.05) is 55.5 Å². The van der Waals surface area contributed by atoms with Crippen molar-refractivity contribution in [2.75, 3.05) is 6.61 Å². The molecular formula is C44H43NO7SSi. The van der Waals surface area contributed by atoms with Crippen LogP contribution in [-0.4, -0.2) is 66.5 Å². The number of aliphatic hydroxyl groups is 1. The van der Waals surface area contributed by atoms with Crippen LogP contribution in [0.4, 0.5) is 0 Å².